The van der Waals surface area contributed by atoms with Crippen LogP contribution in [-0.4, -0.2) is 18.1 Å². The van der Waals surface area contributed by atoms with Crippen molar-refractivity contribution in [2.24, 2.45) is 5.84 Å². The average molecular weight is 277 g/mol. The Hall–Kier alpha value is -0.710. The maximum absolute atomic E-state index is 6.15. The summed E-state index contributed by atoms with van der Waals surface area (Å²) in [6.07, 6.45) is 2.05. The van der Waals surface area contributed by atoms with Gasteiger partial charge in [-0.1, -0.05) is 37.0 Å². The van der Waals surface area contributed by atoms with Gasteiger partial charge < -0.3 is 10.3 Å². The van der Waals surface area contributed by atoms with Gasteiger partial charge in [0.1, 0.15) is 5.82 Å². The topological polar surface area (TPSA) is 54.2 Å². The molecule has 3 N–H and O–H groups in total. The highest BCUT2D eigenvalue weighted by Crippen LogP contribution is 2.32. The van der Waals surface area contributed by atoms with Crippen molar-refractivity contribution in [1.82, 2.24) is 4.98 Å². The fraction of sp³-hybridized carbons (Fsp3) is 0.545. The van der Waals surface area contributed by atoms with E-state index < -0.39 is 0 Å². The number of nitrogens with two attached hydrogens (primary N) is 1. The average Bonchev–Trinajstić information content (AvgIpc) is 2.30. The van der Waals surface area contributed by atoms with Gasteiger partial charge in [0, 0.05) is 13.1 Å². The standard InChI is InChI=1S/C11H18Cl2N4/c1-4-7(5-2)17(3)11-9(13)6-8(12)10(15-11)16-14/h6-7H,4-5,14H2,1-3H3,(H,15,16). The molecule has 0 saturated heterocycles. The summed E-state index contributed by atoms with van der Waals surface area (Å²) in [6.45, 7) is 4.27. The van der Waals surface area contributed by atoms with Crippen LogP contribution in [0.2, 0.25) is 10.0 Å². The van der Waals surface area contributed by atoms with E-state index in [2.05, 4.69) is 29.2 Å². The van der Waals surface area contributed by atoms with Gasteiger partial charge in [0.25, 0.3) is 0 Å². The van der Waals surface area contributed by atoms with Crippen molar-refractivity contribution in [3.63, 3.8) is 0 Å². The Morgan fingerprint density at radius 2 is 1.94 bits per heavy atom. The molecule has 96 valence electrons. The fourth-order valence-electron chi connectivity index (χ4n) is 1.81. The Bertz CT molecular complexity index is 380. The first kappa shape index (κ1) is 14.4. The second-order valence-electron chi connectivity index (χ2n) is 3.85. The zero-order valence-electron chi connectivity index (χ0n) is 10.3. The third-order valence-corrected chi connectivity index (χ3v) is 3.44. The zero-order valence-corrected chi connectivity index (χ0v) is 11.8. The summed E-state index contributed by atoms with van der Waals surface area (Å²) in [5, 5.41) is 0.947. The monoisotopic (exact) mass is 276 g/mol. The molecule has 1 aromatic rings. The van der Waals surface area contributed by atoms with E-state index in [1.807, 2.05) is 7.05 Å². The fourth-order valence-corrected chi connectivity index (χ4v) is 2.36. The van der Waals surface area contributed by atoms with E-state index in [9.17, 15) is 0 Å². The number of anilines is 2. The summed E-state index contributed by atoms with van der Waals surface area (Å²) in [5.41, 5.74) is 2.46. The maximum atomic E-state index is 6.15. The minimum Gasteiger partial charge on any atom is -0.355 e. The number of rotatable bonds is 5. The first-order valence-electron chi connectivity index (χ1n) is 5.60. The molecule has 0 aliphatic rings. The molecule has 0 amide bonds. The van der Waals surface area contributed by atoms with Crippen LogP contribution in [0, 0.1) is 0 Å². The predicted molar refractivity (Wildman–Crippen MR) is 74.8 cm³/mol. The van der Waals surface area contributed by atoms with E-state index in [0.717, 1.165) is 12.8 Å². The van der Waals surface area contributed by atoms with Crippen LogP contribution < -0.4 is 16.2 Å². The molecule has 1 aromatic heterocycles. The van der Waals surface area contributed by atoms with Crippen molar-refractivity contribution < 1.29 is 0 Å². The highest BCUT2D eigenvalue weighted by molar-refractivity contribution is 6.37. The highest BCUT2D eigenvalue weighted by Gasteiger charge is 2.17. The van der Waals surface area contributed by atoms with Crippen molar-refractivity contribution >= 4 is 34.8 Å². The molecule has 0 fully saturated rings. The molecule has 0 bridgehead atoms. The van der Waals surface area contributed by atoms with E-state index in [-0.39, 0.29) is 0 Å². The van der Waals surface area contributed by atoms with Crippen LogP contribution in [0.1, 0.15) is 26.7 Å². The molecule has 0 spiro atoms. The van der Waals surface area contributed by atoms with Crippen molar-refractivity contribution in [3.05, 3.63) is 16.1 Å². The molecule has 0 unspecified atom stereocenters. The number of halogens is 2. The van der Waals surface area contributed by atoms with Gasteiger partial charge in [0.2, 0.25) is 0 Å². The Balaban J connectivity index is 3.12. The number of nitrogens with one attached hydrogen (secondary N) is 1. The smallest absolute Gasteiger partial charge is 0.161 e. The van der Waals surface area contributed by atoms with Gasteiger partial charge in [0.05, 0.1) is 10.0 Å². The van der Waals surface area contributed by atoms with E-state index in [1.165, 1.54) is 0 Å². The number of hydrogen-bond donors (Lipinski definition) is 2. The summed E-state index contributed by atoms with van der Waals surface area (Å²) in [7, 11) is 1.97. The molecule has 0 radical (unpaired) electrons. The normalized spacial score (nSPS) is 10.8. The van der Waals surface area contributed by atoms with Gasteiger partial charge in [-0.2, -0.15) is 0 Å². The summed E-state index contributed by atoms with van der Waals surface area (Å²) in [4.78, 5) is 6.39. The maximum Gasteiger partial charge on any atom is 0.161 e. The van der Waals surface area contributed by atoms with Crippen LogP contribution >= 0.6 is 23.2 Å². The van der Waals surface area contributed by atoms with Gasteiger partial charge in [-0.25, -0.2) is 10.8 Å². The summed E-state index contributed by atoms with van der Waals surface area (Å²) in [5.74, 6) is 6.48. The van der Waals surface area contributed by atoms with Crippen LogP contribution in [0.4, 0.5) is 11.6 Å². The van der Waals surface area contributed by atoms with Crippen molar-refractivity contribution in [1.29, 1.82) is 0 Å². The number of nitrogen functional groups attached to an aromatic ring is 1. The Kier molecular flexibility index (Phi) is 5.31. The van der Waals surface area contributed by atoms with Crippen LogP contribution in [0.3, 0.4) is 0 Å². The third-order valence-electron chi connectivity index (χ3n) is 2.87. The zero-order chi connectivity index (χ0) is 13.0. The number of hydrogen-bond acceptors (Lipinski definition) is 4. The quantitative estimate of drug-likeness (QED) is 0.640. The predicted octanol–water partition coefficient (Wildman–Crippen LogP) is 3.30. The van der Waals surface area contributed by atoms with E-state index in [1.54, 1.807) is 6.07 Å². The van der Waals surface area contributed by atoms with Crippen molar-refractivity contribution in [2.75, 3.05) is 17.4 Å². The molecular formula is C11H18Cl2N4. The van der Waals surface area contributed by atoms with Gasteiger partial charge in [-0.05, 0) is 18.9 Å². The first-order valence-corrected chi connectivity index (χ1v) is 6.36. The second kappa shape index (κ2) is 6.28. The molecule has 6 heteroatoms. The van der Waals surface area contributed by atoms with Gasteiger partial charge >= 0.3 is 0 Å². The van der Waals surface area contributed by atoms with Crippen LogP contribution in [0.5, 0.6) is 0 Å². The first-order chi connectivity index (χ1) is 8.04. The molecule has 0 aromatic carbocycles. The largest absolute Gasteiger partial charge is 0.355 e. The van der Waals surface area contributed by atoms with E-state index >= 15 is 0 Å². The molecule has 0 aliphatic carbocycles. The van der Waals surface area contributed by atoms with Crippen LogP contribution in [-0.2, 0) is 0 Å². The van der Waals surface area contributed by atoms with E-state index in [0.29, 0.717) is 27.7 Å². The lowest BCUT2D eigenvalue weighted by atomic mass is 10.1. The molecule has 17 heavy (non-hydrogen) atoms. The molecule has 1 rings (SSSR count). The van der Waals surface area contributed by atoms with Crippen LogP contribution in [0.15, 0.2) is 6.07 Å². The lowest BCUT2D eigenvalue weighted by Gasteiger charge is -2.28. The molecule has 0 aliphatic heterocycles. The SMILES string of the molecule is CCC(CC)N(C)c1nc(NN)c(Cl)cc1Cl. The number of aromatic nitrogens is 1. The second-order valence-corrected chi connectivity index (χ2v) is 4.66. The van der Waals surface area contributed by atoms with Crippen molar-refractivity contribution in [2.45, 2.75) is 32.7 Å². The summed E-state index contributed by atoms with van der Waals surface area (Å²) < 4.78 is 0. The lowest BCUT2D eigenvalue weighted by molar-refractivity contribution is 0.587. The molecular weight excluding hydrogens is 259 g/mol. The van der Waals surface area contributed by atoms with E-state index in [4.69, 9.17) is 29.0 Å². The van der Waals surface area contributed by atoms with Gasteiger partial charge in [-0.3, -0.25) is 0 Å². The molecule has 1 heterocycles. The highest BCUT2D eigenvalue weighted by atomic mass is 35.5. The van der Waals surface area contributed by atoms with Crippen molar-refractivity contribution in [3.8, 4) is 0 Å². The number of nitrogens with zero attached hydrogens (tertiary/aromatic N) is 2. The lowest BCUT2D eigenvalue weighted by Crippen LogP contribution is -2.31. The van der Waals surface area contributed by atoms with Crippen LogP contribution in [0.25, 0.3) is 0 Å². The molecule has 4 nitrogen and oxygen atoms in total. The third kappa shape index (κ3) is 3.15. The Labute approximate surface area is 112 Å². The number of hydrazine groups is 1. The molecule has 0 saturated carbocycles. The minimum absolute atomic E-state index is 0.395. The Morgan fingerprint density at radius 1 is 1.35 bits per heavy atom. The summed E-state index contributed by atoms with van der Waals surface area (Å²) >= 11 is 12.1. The summed E-state index contributed by atoms with van der Waals surface area (Å²) in [6, 6.07) is 2.05. The Morgan fingerprint density at radius 3 is 2.41 bits per heavy atom. The minimum atomic E-state index is 0.395. The number of pyridine rings is 1. The molecule has 0 atom stereocenters. The van der Waals surface area contributed by atoms with Gasteiger partial charge in [0.15, 0.2) is 5.82 Å². The van der Waals surface area contributed by atoms with Gasteiger partial charge in [-0.15, -0.1) is 0 Å².